The summed E-state index contributed by atoms with van der Waals surface area (Å²) >= 11 is 0. The van der Waals surface area contributed by atoms with Gasteiger partial charge in [-0.1, -0.05) is 6.07 Å². The molecule has 1 atom stereocenters. The molecular weight excluding hydrogens is 233 g/mol. The van der Waals surface area contributed by atoms with Crippen LogP contribution in [0.5, 0.6) is 0 Å². The number of anilines is 1. The molecule has 1 aromatic rings. The summed E-state index contributed by atoms with van der Waals surface area (Å²) in [4.78, 5) is 11.5. The van der Waals surface area contributed by atoms with Crippen molar-refractivity contribution >= 4 is 11.6 Å². The van der Waals surface area contributed by atoms with Gasteiger partial charge in [-0.2, -0.15) is 13.2 Å². The highest BCUT2D eigenvalue weighted by molar-refractivity contribution is 5.94. The third-order valence-corrected chi connectivity index (χ3v) is 2.51. The van der Waals surface area contributed by atoms with Crippen LogP contribution in [0.2, 0.25) is 0 Å². The lowest BCUT2D eigenvalue weighted by molar-refractivity contribution is -0.137. The lowest BCUT2D eigenvalue weighted by atomic mass is 10.2. The maximum absolute atomic E-state index is 12.5. The van der Waals surface area contributed by atoms with Crippen LogP contribution in [0.3, 0.4) is 0 Å². The smallest absolute Gasteiger partial charge is 0.273 e. The van der Waals surface area contributed by atoms with Gasteiger partial charge in [0, 0.05) is 12.5 Å². The van der Waals surface area contributed by atoms with Crippen LogP contribution in [0.1, 0.15) is 18.9 Å². The maximum atomic E-state index is 12.5. The lowest BCUT2D eigenvalue weighted by Crippen LogP contribution is -2.36. The Bertz CT molecular complexity index is 445. The van der Waals surface area contributed by atoms with E-state index in [1.54, 1.807) is 6.92 Å². The molecule has 0 spiro atoms. The summed E-state index contributed by atoms with van der Waals surface area (Å²) in [6, 6.07) is 4.64. The second-order valence-corrected chi connectivity index (χ2v) is 4.01. The van der Waals surface area contributed by atoms with E-state index in [0.717, 1.165) is 12.1 Å². The summed E-state index contributed by atoms with van der Waals surface area (Å²) in [6.07, 6.45) is -4.11. The molecule has 0 aromatic heterocycles. The zero-order valence-electron chi connectivity index (χ0n) is 9.08. The molecule has 1 aliphatic rings. The zero-order valence-corrected chi connectivity index (χ0v) is 9.08. The summed E-state index contributed by atoms with van der Waals surface area (Å²) in [6.45, 7) is 1.80. The number of halogens is 3. The van der Waals surface area contributed by atoms with Gasteiger partial charge in [-0.15, -0.1) is 0 Å². The van der Waals surface area contributed by atoms with Crippen LogP contribution in [0.15, 0.2) is 24.3 Å². The third kappa shape index (κ3) is 2.41. The van der Waals surface area contributed by atoms with Gasteiger partial charge in [0.2, 0.25) is 5.91 Å². The average molecular weight is 244 g/mol. The maximum Gasteiger partial charge on any atom is 0.416 e. The molecule has 17 heavy (non-hydrogen) atoms. The normalized spacial score (nSPS) is 21.1. The van der Waals surface area contributed by atoms with Crippen LogP contribution < -0.4 is 10.4 Å². The topological polar surface area (TPSA) is 32.3 Å². The van der Waals surface area contributed by atoms with Gasteiger partial charge in [0.1, 0.15) is 0 Å². The highest BCUT2D eigenvalue weighted by atomic mass is 19.4. The van der Waals surface area contributed by atoms with E-state index in [1.807, 2.05) is 0 Å². The number of nitrogens with one attached hydrogen (secondary N) is 1. The highest BCUT2D eigenvalue weighted by Crippen LogP contribution is 2.32. The number of nitrogens with zero attached hydrogens (tertiary/aromatic N) is 1. The number of hydrazine groups is 1. The molecule has 1 saturated heterocycles. The minimum absolute atomic E-state index is 0.0583. The molecule has 1 N–H and O–H groups in total. The molecule has 0 radical (unpaired) electrons. The third-order valence-electron chi connectivity index (χ3n) is 2.51. The van der Waals surface area contributed by atoms with Crippen molar-refractivity contribution in [3.63, 3.8) is 0 Å². The summed E-state index contributed by atoms with van der Waals surface area (Å²) in [5.74, 6) is -0.225. The van der Waals surface area contributed by atoms with Crippen molar-refractivity contribution in [2.75, 3.05) is 5.01 Å². The Hall–Kier alpha value is -1.56. The molecule has 2 rings (SSSR count). The standard InChI is InChI=1S/C11H11F3N2O/c1-7-5-10(17)16(15-7)9-4-2-3-8(6-9)11(12,13)14/h2-4,6-7,15H,5H2,1H3. The Balaban J connectivity index is 2.31. The van der Waals surface area contributed by atoms with Gasteiger partial charge in [-0.25, -0.2) is 10.4 Å². The van der Waals surface area contributed by atoms with Gasteiger partial charge in [-0.3, -0.25) is 4.79 Å². The second-order valence-electron chi connectivity index (χ2n) is 4.01. The molecular formula is C11H11F3N2O. The van der Waals surface area contributed by atoms with E-state index in [2.05, 4.69) is 5.43 Å². The SMILES string of the molecule is CC1CC(=O)N(c2cccc(C(F)(F)F)c2)N1. The van der Waals surface area contributed by atoms with Crippen LogP contribution in [-0.2, 0) is 11.0 Å². The van der Waals surface area contributed by atoms with E-state index in [9.17, 15) is 18.0 Å². The number of amides is 1. The molecule has 3 nitrogen and oxygen atoms in total. The minimum Gasteiger partial charge on any atom is -0.273 e. The van der Waals surface area contributed by atoms with Crippen LogP contribution in [0, 0.1) is 0 Å². The Kier molecular flexibility index (Phi) is 2.82. The molecule has 92 valence electrons. The minimum atomic E-state index is -4.40. The van der Waals surface area contributed by atoms with E-state index in [4.69, 9.17) is 0 Å². The molecule has 1 fully saturated rings. The highest BCUT2D eigenvalue weighted by Gasteiger charge is 2.32. The van der Waals surface area contributed by atoms with Gasteiger partial charge in [0.25, 0.3) is 0 Å². The van der Waals surface area contributed by atoms with Gasteiger partial charge < -0.3 is 0 Å². The Labute approximate surface area is 96.2 Å². The van der Waals surface area contributed by atoms with Crippen molar-refractivity contribution in [1.82, 2.24) is 5.43 Å². The molecule has 0 bridgehead atoms. The molecule has 0 aliphatic carbocycles. The average Bonchev–Trinajstić information content (AvgIpc) is 2.57. The number of rotatable bonds is 1. The van der Waals surface area contributed by atoms with Crippen molar-refractivity contribution < 1.29 is 18.0 Å². The van der Waals surface area contributed by atoms with Crippen LogP contribution >= 0.6 is 0 Å². The van der Waals surface area contributed by atoms with Crippen LogP contribution in [-0.4, -0.2) is 11.9 Å². The van der Waals surface area contributed by atoms with Gasteiger partial charge in [0.05, 0.1) is 11.3 Å². The molecule has 0 saturated carbocycles. The first-order valence-electron chi connectivity index (χ1n) is 5.14. The van der Waals surface area contributed by atoms with E-state index in [0.29, 0.717) is 0 Å². The fourth-order valence-corrected chi connectivity index (χ4v) is 1.73. The largest absolute Gasteiger partial charge is 0.416 e. The van der Waals surface area contributed by atoms with Crippen LogP contribution in [0.4, 0.5) is 18.9 Å². The van der Waals surface area contributed by atoms with Gasteiger partial charge in [0.15, 0.2) is 0 Å². The number of carbonyl (C=O) groups excluding carboxylic acids is 1. The Morgan fingerprint density at radius 3 is 2.65 bits per heavy atom. The Morgan fingerprint density at radius 2 is 2.12 bits per heavy atom. The van der Waals surface area contributed by atoms with Gasteiger partial charge >= 0.3 is 6.18 Å². The number of hydrogen-bond acceptors (Lipinski definition) is 2. The van der Waals surface area contributed by atoms with E-state index in [1.165, 1.54) is 17.1 Å². The fourth-order valence-electron chi connectivity index (χ4n) is 1.73. The zero-order chi connectivity index (χ0) is 12.6. The molecule has 6 heteroatoms. The molecule has 1 unspecified atom stereocenters. The lowest BCUT2D eigenvalue weighted by Gasteiger charge is -2.18. The first-order valence-corrected chi connectivity index (χ1v) is 5.14. The van der Waals surface area contributed by atoms with Gasteiger partial charge in [-0.05, 0) is 25.1 Å². The fraction of sp³-hybridized carbons (Fsp3) is 0.364. The first-order chi connectivity index (χ1) is 7.88. The van der Waals surface area contributed by atoms with E-state index < -0.39 is 11.7 Å². The number of hydrogen-bond donors (Lipinski definition) is 1. The molecule has 1 heterocycles. The summed E-state index contributed by atoms with van der Waals surface area (Å²) in [7, 11) is 0. The summed E-state index contributed by atoms with van der Waals surface area (Å²) in [5, 5.41) is 1.17. The monoisotopic (exact) mass is 244 g/mol. The number of carbonyl (C=O) groups is 1. The molecule has 1 aliphatic heterocycles. The number of benzene rings is 1. The van der Waals surface area contributed by atoms with E-state index >= 15 is 0 Å². The second kappa shape index (κ2) is 4.03. The van der Waals surface area contributed by atoms with Crippen molar-refractivity contribution in [1.29, 1.82) is 0 Å². The molecule has 1 amide bonds. The summed E-state index contributed by atoms with van der Waals surface area (Å²) < 4.78 is 37.5. The first kappa shape index (κ1) is 11.9. The van der Waals surface area contributed by atoms with Crippen molar-refractivity contribution in [2.45, 2.75) is 25.6 Å². The predicted molar refractivity (Wildman–Crippen MR) is 56.1 cm³/mol. The van der Waals surface area contributed by atoms with E-state index in [-0.39, 0.29) is 24.1 Å². The van der Waals surface area contributed by atoms with Crippen molar-refractivity contribution in [2.24, 2.45) is 0 Å². The van der Waals surface area contributed by atoms with Crippen LogP contribution in [0.25, 0.3) is 0 Å². The predicted octanol–water partition coefficient (Wildman–Crippen LogP) is 2.34. The van der Waals surface area contributed by atoms with Crippen molar-refractivity contribution in [3.05, 3.63) is 29.8 Å². The Morgan fingerprint density at radius 1 is 1.41 bits per heavy atom. The molecule has 1 aromatic carbocycles. The summed E-state index contributed by atoms with van der Waals surface area (Å²) in [5.41, 5.74) is 2.27. The van der Waals surface area contributed by atoms with Crippen molar-refractivity contribution in [3.8, 4) is 0 Å². The number of alkyl halides is 3. The quantitative estimate of drug-likeness (QED) is 0.822.